The third-order valence-corrected chi connectivity index (χ3v) is 4.17. The highest BCUT2D eigenvalue weighted by atomic mass is 35.5. The first-order valence-electron chi connectivity index (χ1n) is 7.73. The van der Waals surface area contributed by atoms with Crippen molar-refractivity contribution in [3.05, 3.63) is 40.4 Å². The Hall–Kier alpha value is -2.73. The van der Waals surface area contributed by atoms with Gasteiger partial charge >= 0.3 is 5.97 Å². The Balaban J connectivity index is 2.22. The topological polar surface area (TPSA) is 94.6 Å². The van der Waals surface area contributed by atoms with Crippen LogP contribution in [0, 0.1) is 0 Å². The van der Waals surface area contributed by atoms with Crippen molar-refractivity contribution in [3.63, 3.8) is 0 Å². The fourth-order valence-corrected chi connectivity index (χ4v) is 3.04. The zero-order chi connectivity index (χ0) is 18.1. The van der Waals surface area contributed by atoms with E-state index >= 15 is 0 Å². The van der Waals surface area contributed by atoms with Crippen molar-refractivity contribution in [1.29, 1.82) is 0 Å². The third-order valence-electron chi connectivity index (χ3n) is 3.89. The normalized spacial score (nSPS) is 11.0. The highest BCUT2D eigenvalue weighted by Crippen LogP contribution is 2.37. The lowest BCUT2D eigenvalue weighted by atomic mass is 10.0. The minimum absolute atomic E-state index is 0.0876. The fraction of sp³-hybridized carbons (Fsp3) is 0.222. The maximum Gasteiger partial charge on any atom is 0.309 e. The van der Waals surface area contributed by atoms with Gasteiger partial charge in [-0.05, 0) is 36.8 Å². The smallest absolute Gasteiger partial charge is 0.309 e. The average Bonchev–Trinajstić information content (AvgIpc) is 2.95. The molecule has 0 saturated carbocycles. The molecule has 7 heteroatoms. The van der Waals surface area contributed by atoms with Crippen molar-refractivity contribution in [3.8, 4) is 0 Å². The number of methoxy groups -OCH3 is 1. The van der Waals surface area contributed by atoms with E-state index in [-0.39, 0.29) is 18.3 Å². The summed E-state index contributed by atoms with van der Waals surface area (Å²) < 4.78 is 10.5. The van der Waals surface area contributed by atoms with Crippen LogP contribution in [0.1, 0.15) is 22.8 Å². The predicted molar refractivity (Wildman–Crippen MR) is 96.9 cm³/mol. The van der Waals surface area contributed by atoms with Gasteiger partial charge < -0.3 is 20.2 Å². The van der Waals surface area contributed by atoms with Gasteiger partial charge in [0, 0.05) is 22.9 Å². The molecule has 25 heavy (non-hydrogen) atoms. The number of nitrogen functional groups attached to an aromatic ring is 1. The number of esters is 1. The van der Waals surface area contributed by atoms with Crippen LogP contribution in [0.15, 0.2) is 28.7 Å². The van der Waals surface area contributed by atoms with E-state index in [0.717, 1.165) is 0 Å². The van der Waals surface area contributed by atoms with Crippen molar-refractivity contribution >= 4 is 51.1 Å². The summed E-state index contributed by atoms with van der Waals surface area (Å²) in [5, 5.41) is 4.47. The molecule has 0 aliphatic heterocycles. The molecule has 1 amide bonds. The van der Waals surface area contributed by atoms with E-state index < -0.39 is 0 Å². The second-order valence-corrected chi connectivity index (χ2v) is 6.02. The summed E-state index contributed by atoms with van der Waals surface area (Å²) in [5.41, 5.74) is 8.45. The number of hydrogen-bond acceptors (Lipinski definition) is 5. The predicted octanol–water partition coefficient (Wildman–Crippen LogP) is 3.29. The summed E-state index contributed by atoms with van der Waals surface area (Å²) >= 11 is 6.30. The molecule has 3 rings (SSSR count). The molecule has 0 radical (unpaired) electrons. The van der Waals surface area contributed by atoms with E-state index in [4.69, 9.17) is 26.5 Å². The van der Waals surface area contributed by atoms with Crippen LogP contribution in [-0.4, -0.2) is 25.5 Å². The number of carbonyl (C=O) groups is 2. The molecule has 0 spiro atoms. The minimum atomic E-state index is -0.370. The summed E-state index contributed by atoms with van der Waals surface area (Å²) in [6.45, 7) is 2.35. The van der Waals surface area contributed by atoms with Gasteiger partial charge in [-0.25, -0.2) is 0 Å². The first-order chi connectivity index (χ1) is 11.9. The van der Waals surface area contributed by atoms with Gasteiger partial charge in [0.15, 0.2) is 11.2 Å². The Kier molecular flexibility index (Phi) is 4.55. The largest absolute Gasteiger partial charge is 0.469 e. The minimum Gasteiger partial charge on any atom is -0.469 e. The van der Waals surface area contributed by atoms with Crippen molar-refractivity contribution in [2.45, 2.75) is 13.3 Å². The lowest BCUT2D eigenvalue weighted by Crippen LogP contribution is -2.22. The van der Waals surface area contributed by atoms with Crippen molar-refractivity contribution in [2.24, 2.45) is 0 Å². The van der Waals surface area contributed by atoms with Gasteiger partial charge in [-0.15, -0.1) is 0 Å². The van der Waals surface area contributed by atoms with Crippen LogP contribution in [-0.2, 0) is 16.0 Å². The van der Waals surface area contributed by atoms with E-state index in [2.05, 4.69) is 5.32 Å². The molecule has 0 atom stereocenters. The molecule has 0 saturated heterocycles. The van der Waals surface area contributed by atoms with Gasteiger partial charge in [-0.3, -0.25) is 9.59 Å². The first-order valence-corrected chi connectivity index (χ1v) is 8.11. The number of furan rings is 1. The van der Waals surface area contributed by atoms with Crippen LogP contribution in [0.2, 0.25) is 5.02 Å². The zero-order valence-electron chi connectivity index (χ0n) is 13.8. The van der Waals surface area contributed by atoms with Gasteiger partial charge in [0.1, 0.15) is 0 Å². The molecule has 3 N–H and O–H groups in total. The number of ether oxygens (including phenoxy) is 1. The van der Waals surface area contributed by atoms with Crippen LogP contribution in [0.25, 0.3) is 21.9 Å². The summed E-state index contributed by atoms with van der Waals surface area (Å²) in [7, 11) is 1.33. The third kappa shape index (κ3) is 3.13. The Morgan fingerprint density at radius 1 is 1.20 bits per heavy atom. The van der Waals surface area contributed by atoms with E-state index in [9.17, 15) is 9.59 Å². The van der Waals surface area contributed by atoms with Gasteiger partial charge in [0.25, 0.3) is 5.91 Å². The van der Waals surface area contributed by atoms with Crippen molar-refractivity contribution in [2.75, 3.05) is 19.4 Å². The van der Waals surface area contributed by atoms with Gasteiger partial charge in [-0.1, -0.05) is 11.6 Å². The van der Waals surface area contributed by atoms with Crippen LogP contribution >= 0.6 is 11.6 Å². The molecule has 1 heterocycles. The molecule has 130 valence electrons. The molecule has 0 aliphatic carbocycles. The van der Waals surface area contributed by atoms with Crippen LogP contribution < -0.4 is 11.1 Å². The highest BCUT2D eigenvalue weighted by molar-refractivity contribution is 6.36. The number of anilines is 1. The zero-order valence-corrected chi connectivity index (χ0v) is 14.6. The number of carbonyl (C=O) groups excluding carboxylic acids is 2. The summed E-state index contributed by atoms with van der Waals surface area (Å²) in [5.74, 6) is -0.590. The van der Waals surface area contributed by atoms with E-state index in [0.29, 0.717) is 50.3 Å². The van der Waals surface area contributed by atoms with Crippen LogP contribution in [0.5, 0.6) is 0 Å². The number of amides is 1. The van der Waals surface area contributed by atoms with Crippen molar-refractivity contribution in [1.82, 2.24) is 5.32 Å². The quantitative estimate of drug-likeness (QED) is 0.550. The standard InChI is InChI=1S/C18H17ClN2O4/c1-3-21-18(23)10-7-12-11-4-9(6-15(22)24-2)5-13(19)16(11)25-17(12)14(20)8-10/h4-5,7-8H,3,6,20H2,1-2H3,(H,21,23). The first kappa shape index (κ1) is 17.1. The number of nitrogens with two attached hydrogens (primary N) is 1. The molecular formula is C18H17ClN2O4. The molecule has 0 unspecified atom stereocenters. The Morgan fingerprint density at radius 3 is 2.60 bits per heavy atom. The second kappa shape index (κ2) is 6.64. The fourth-order valence-electron chi connectivity index (χ4n) is 2.76. The van der Waals surface area contributed by atoms with Gasteiger partial charge in [0.2, 0.25) is 0 Å². The highest BCUT2D eigenvalue weighted by Gasteiger charge is 2.17. The Morgan fingerprint density at radius 2 is 1.92 bits per heavy atom. The van der Waals surface area contributed by atoms with Gasteiger partial charge in [0.05, 0.1) is 24.2 Å². The summed E-state index contributed by atoms with van der Waals surface area (Å²) in [6, 6.07) is 6.73. The number of benzene rings is 2. The molecule has 0 bridgehead atoms. The average molecular weight is 361 g/mol. The second-order valence-electron chi connectivity index (χ2n) is 5.61. The monoisotopic (exact) mass is 360 g/mol. The Labute approximate surface area is 148 Å². The lowest BCUT2D eigenvalue weighted by Gasteiger charge is -2.04. The number of rotatable bonds is 4. The number of hydrogen-bond donors (Lipinski definition) is 2. The molecule has 2 aromatic carbocycles. The Bertz CT molecular complexity index is 994. The maximum absolute atomic E-state index is 12.1. The maximum atomic E-state index is 12.1. The number of fused-ring (bicyclic) bond motifs is 3. The van der Waals surface area contributed by atoms with E-state index in [1.165, 1.54) is 7.11 Å². The van der Waals surface area contributed by atoms with E-state index in [1.54, 1.807) is 24.3 Å². The van der Waals surface area contributed by atoms with Crippen molar-refractivity contribution < 1.29 is 18.7 Å². The molecule has 0 fully saturated rings. The van der Waals surface area contributed by atoms with Crippen LogP contribution in [0.4, 0.5) is 5.69 Å². The van der Waals surface area contributed by atoms with E-state index in [1.807, 2.05) is 6.92 Å². The molecule has 0 aliphatic rings. The number of halogens is 1. The lowest BCUT2D eigenvalue weighted by molar-refractivity contribution is -0.139. The number of nitrogens with one attached hydrogen (secondary N) is 1. The summed E-state index contributed by atoms with van der Waals surface area (Å²) in [6.07, 6.45) is 0.0876. The summed E-state index contributed by atoms with van der Waals surface area (Å²) in [4.78, 5) is 23.7. The molecule has 6 nitrogen and oxygen atoms in total. The van der Waals surface area contributed by atoms with Gasteiger partial charge in [-0.2, -0.15) is 0 Å². The molecular weight excluding hydrogens is 344 g/mol. The molecule has 3 aromatic rings. The molecule has 1 aromatic heterocycles. The SMILES string of the molecule is CCNC(=O)c1cc(N)c2oc3c(Cl)cc(CC(=O)OC)cc3c2c1. The van der Waals surface area contributed by atoms with Crippen LogP contribution in [0.3, 0.4) is 0 Å².